The van der Waals surface area contributed by atoms with Crippen LogP contribution in [-0.4, -0.2) is 28.8 Å². The molecule has 5 heteroatoms. The molecule has 1 aliphatic carbocycles. The molecule has 1 saturated carbocycles. The van der Waals surface area contributed by atoms with Crippen molar-refractivity contribution >= 4 is 11.7 Å². The van der Waals surface area contributed by atoms with E-state index < -0.39 is 0 Å². The van der Waals surface area contributed by atoms with E-state index in [4.69, 9.17) is 0 Å². The molecule has 0 spiro atoms. The number of hydrogen-bond acceptors (Lipinski definition) is 3. The molecular formula is C16H26N4O. The Hall–Kier alpha value is -1.36. The van der Waals surface area contributed by atoms with Crippen LogP contribution in [0.3, 0.4) is 0 Å². The summed E-state index contributed by atoms with van der Waals surface area (Å²) >= 11 is 0. The largest absolute Gasteiger partial charge is 0.315 e. The lowest BCUT2D eigenvalue weighted by molar-refractivity contribution is -0.116. The second kappa shape index (κ2) is 7.07. The topological polar surface area (TPSA) is 59.0 Å². The Morgan fingerprint density at radius 3 is 2.95 bits per heavy atom. The normalized spacial score (nSPS) is 23.3. The maximum absolute atomic E-state index is 12.0. The van der Waals surface area contributed by atoms with Crippen molar-refractivity contribution in [2.24, 2.45) is 5.92 Å². The zero-order valence-electron chi connectivity index (χ0n) is 12.7. The zero-order chi connectivity index (χ0) is 14.5. The molecule has 1 atom stereocenters. The fourth-order valence-electron chi connectivity index (χ4n) is 3.49. The molecule has 1 aromatic heterocycles. The van der Waals surface area contributed by atoms with E-state index in [-0.39, 0.29) is 5.91 Å². The molecule has 21 heavy (non-hydrogen) atoms. The summed E-state index contributed by atoms with van der Waals surface area (Å²) in [5.41, 5.74) is 0. The Kier molecular flexibility index (Phi) is 4.91. The number of amides is 1. The Labute approximate surface area is 126 Å². The molecular weight excluding hydrogens is 264 g/mol. The van der Waals surface area contributed by atoms with Gasteiger partial charge in [0.1, 0.15) is 0 Å². The monoisotopic (exact) mass is 290 g/mol. The van der Waals surface area contributed by atoms with E-state index in [2.05, 4.69) is 15.7 Å². The van der Waals surface area contributed by atoms with E-state index in [1.165, 1.54) is 32.1 Å². The molecule has 2 heterocycles. The molecule has 116 valence electrons. The number of carbonyl (C=O) groups is 1. The molecule has 0 bridgehead atoms. The van der Waals surface area contributed by atoms with Gasteiger partial charge in [0.25, 0.3) is 0 Å². The number of nitrogens with zero attached hydrogens (tertiary/aromatic N) is 2. The second-order valence-corrected chi connectivity index (χ2v) is 6.42. The summed E-state index contributed by atoms with van der Waals surface area (Å²) in [5, 5.41) is 10.7. The van der Waals surface area contributed by atoms with Crippen LogP contribution in [0.25, 0.3) is 0 Å². The fourth-order valence-corrected chi connectivity index (χ4v) is 3.49. The highest BCUT2D eigenvalue weighted by molar-refractivity contribution is 5.89. The molecule has 5 nitrogen and oxygen atoms in total. The standard InChI is InChI=1S/C16H26N4O/c21-16(7-6-13-4-2-1-3-5-13)18-15-9-11-20(19-15)14-8-10-17-12-14/h9,11,13-14,17H,1-8,10,12H2,(H,18,19,21)/t14-/m1/s1. The van der Waals surface area contributed by atoms with Crippen molar-refractivity contribution in [3.63, 3.8) is 0 Å². The number of carbonyl (C=O) groups excluding carboxylic acids is 1. The summed E-state index contributed by atoms with van der Waals surface area (Å²) in [4.78, 5) is 12.0. The molecule has 0 unspecified atom stereocenters. The van der Waals surface area contributed by atoms with E-state index in [0.717, 1.165) is 31.8 Å². The van der Waals surface area contributed by atoms with E-state index >= 15 is 0 Å². The van der Waals surface area contributed by atoms with Gasteiger partial charge in [0.05, 0.1) is 6.04 Å². The molecule has 2 fully saturated rings. The first-order valence-electron chi connectivity index (χ1n) is 8.37. The number of anilines is 1. The predicted octanol–water partition coefficient (Wildman–Crippen LogP) is 2.72. The summed E-state index contributed by atoms with van der Waals surface area (Å²) in [7, 11) is 0. The van der Waals surface area contributed by atoms with Crippen LogP contribution in [0.2, 0.25) is 0 Å². The Morgan fingerprint density at radius 1 is 1.33 bits per heavy atom. The molecule has 0 aromatic carbocycles. The SMILES string of the molecule is O=C(CCC1CCCCC1)Nc1ccn([C@@H]2CCNC2)n1. The first kappa shape index (κ1) is 14.6. The van der Waals surface area contributed by atoms with Crippen molar-refractivity contribution < 1.29 is 4.79 Å². The van der Waals surface area contributed by atoms with Crippen LogP contribution in [0, 0.1) is 5.92 Å². The molecule has 1 amide bonds. The highest BCUT2D eigenvalue weighted by Crippen LogP contribution is 2.27. The Balaban J connectivity index is 1.43. The van der Waals surface area contributed by atoms with Gasteiger partial charge in [-0.25, -0.2) is 0 Å². The minimum atomic E-state index is 0.107. The third-order valence-electron chi connectivity index (χ3n) is 4.79. The molecule has 1 saturated heterocycles. The number of nitrogens with one attached hydrogen (secondary N) is 2. The van der Waals surface area contributed by atoms with Crippen LogP contribution in [0.5, 0.6) is 0 Å². The predicted molar refractivity (Wildman–Crippen MR) is 83.2 cm³/mol. The van der Waals surface area contributed by atoms with E-state index in [0.29, 0.717) is 18.3 Å². The second-order valence-electron chi connectivity index (χ2n) is 6.42. The lowest BCUT2D eigenvalue weighted by atomic mass is 9.86. The molecule has 2 N–H and O–H groups in total. The molecule has 0 radical (unpaired) electrons. The summed E-state index contributed by atoms with van der Waals surface area (Å²) in [6, 6.07) is 2.33. The Bertz CT molecular complexity index is 459. The zero-order valence-corrected chi connectivity index (χ0v) is 12.7. The van der Waals surface area contributed by atoms with Gasteiger partial charge in [0.15, 0.2) is 5.82 Å². The number of aromatic nitrogens is 2. The Morgan fingerprint density at radius 2 is 2.19 bits per heavy atom. The van der Waals surface area contributed by atoms with Crippen molar-refractivity contribution in [3.05, 3.63) is 12.3 Å². The quantitative estimate of drug-likeness (QED) is 0.876. The third-order valence-corrected chi connectivity index (χ3v) is 4.79. The van der Waals surface area contributed by atoms with Crippen molar-refractivity contribution in [2.45, 2.75) is 57.4 Å². The fraction of sp³-hybridized carbons (Fsp3) is 0.750. The van der Waals surface area contributed by atoms with Gasteiger partial charge in [0.2, 0.25) is 5.91 Å². The van der Waals surface area contributed by atoms with Gasteiger partial charge in [-0.3, -0.25) is 9.48 Å². The molecule has 2 aliphatic rings. The van der Waals surface area contributed by atoms with E-state index in [9.17, 15) is 4.79 Å². The van der Waals surface area contributed by atoms with Crippen molar-refractivity contribution in [2.75, 3.05) is 18.4 Å². The smallest absolute Gasteiger partial charge is 0.225 e. The van der Waals surface area contributed by atoms with Crippen molar-refractivity contribution in [1.82, 2.24) is 15.1 Å². The maximum atomic E-state index is 12.0. The van der Waals surface area contributed by atoms with Crippen LogP contribution in [0.1, 0.15) is 57.4 Å². The average molecular weight is 290 g/mol. The minimum absolute atomic E-state index is 0.107. The van der Waals surface area contributed by atoms with Crippen molar-refractivity contribution in [1.29, 1.82) is 0 Å². The first-order valence-corrected chi connectivity index (χ1v) is 8.37. The first-order chi connectivity index (χ1) is 10.3. The van der Waals surface area contributed by atoms with E-state index in [1.54, 1.807) is 0 Å². The highest BCUT2D eigenvalue weighted by Gasteiger charge is 2.18. The van der Waals surface area contributed by atoms with Gasteiger partial charge in [0, 0.05) is 25.2 Å². The summed E-state index contributed by atoms with van der Waals surface area (Å²) in [6.45, 7) is 2.02. The molecule has 3 rings (SSSR count). The van der Waals surface area contributed by atoms with E-state index in [1.807, 2.05) is 16.9 Å². The van der Waals surface area contributed by atoms with Crippen LogP contribution in [0.15, 0.2) is 12.3 Å². The van der Waals surface area contributed by atoms with Crippen LogP contribution >= 0.6 is 0 Å². The molecule has 1 aliphatic heterocycles. The summed E-state index contributed by atoms with van der Waals surface area (Å²) < 4.78 is 1.97. The lowest BCUT2D eigenvalue weighted by Gasteiger charge is -2.20. The van der Waals surface area contributed by atoms with Crippen LogP contribution < -0.4 is 10.6 Å². The van der Waals surface area contributed by atoms with Gasteiger partial charge in [-0.15, -0.1) is 0 Å². The van der Waals surface area contributed by atoms with Gasteiger partial charge < -0.3 is 10.6 Å². The lowest BCUT2D eigenvalue weighted by Crippen LogP contribution is -2.16. The minimum Gasteiger partial charge on any atom is -0.315 e. The molecule has 1 aromatic rings. The number of rotatable bonds is 5. The van der Waals surface area contributed by atoms with Crippen LogP contribution in [-0.2, 0) is 4.79 Å². The van der Waals surface area contributed by atoms with Gasteiger partial charge in [-0.2, -0.15) is 5.10 Å². The van der Waals surface area contributed by atoms with Gasteiger partial charge >= 0.3 is 0 Å². The average Bonchev–Trinajstić information content (AvgIpc) is 3.17. The number of hydrogen-bond donors (Lipinski definition) is 2. The maximum Gasteiger partial charge on any atom is 0.225 e. The van der Waals surface area contributed by atoms with Crippen molar-refractivity contribution in [3.8, 4) is 0 Å². The van der Waals surface area contributed by atoms with Crippen LogP contribution in [0.4, 0.5) is 5.82 Å². The van der Waals surface area contributed by atoms with Gasteiger partial charge in [-0.05, 0) is 25.3 Å². The summed E-state index contributed by atoms with van der Waals surface area (Å²) in [5.74, 6) is 1.55. The summed E-state index contributed by atoms with van der Waals surface area (Å²) in [6.07, 6.45) is 11.4. The highest BCUT2D eigenvalue weighted by atomic mass is 16.1. The van der Waals surface area contributed by atoms with Gasteiger partial charge in [-0.1, -0.05) is 32.1 Å². The third kappa shape index (κ3) is 4.06.